The maximum absolute atomic E-state index is 12.7. The van der Waals surface area contributed by atoms with Gasteiger partial charge < -0.3 is 10.2 Å². The van der Waals surface area contributed by atoms with Crippen molar-refractivity contribution in [2.45, 2.75) is 13.3 Å². The third-order valence-corrected chi connectivity index (χ3v) is 4.97. The van der Waals surface area contributed by atoms with Crippen LogP contribution in [0, 0.1) is 0 Å². The monoisotopic (exact) mass is 383 g/mol. The zero-order chi connectivity index (χ0) is 20.2. The fraction of sp³-hybridized carbons (Fsp3) is 0.125. The van der Waals surface area contributed by atoms with E-state index in [1.54, 1.807) is 35.5 Å². The van der Waals surface area contributed by atoms with E-state index >= 15 is 0 Å². The van der Waals surface area contributed by atoms with Gasteiger partial charge in [0.2, 0.25) is 5.91 Å². The highest BCUT2D eigenvalue weighted by molar-refractivity contribution is 6.08. The highest BCUT2D eigenvalue weighted by Gasteiger charge is 2.25. The van der Waals surface area contributed by atoms with E-state index in [0.29, 0.717) is 12.1 Å². The Morgan fingerprint density at radius 3 is 2.59 bits per heavy atom. The van der Waals surface area contributed by atoms with Gasteiger partial charge in [0.25, 0.3) is 5.91 Å². The topological polar surface area (TPSA) is 62.3 Å². The summed E-state index contributed by atoms with van der Waals surface area (Å²) in [6.45, 7) is 2.53. The second kappa shape index (κ2) is 8.10. The Kier molecular flexibility index (Phi) is 5.20. The van der Waals surface area contributed by atoms with E-state index in [-0.39, 0.29) is 11.8 Å². The average Bonchev–Trinajstić information content (AvgIpc) is 3.17. The molecule has 0 unspecified atom stereocenters. The van der Waals surface area contributed by atoms with Crippen molar-refractivity contribution in [1.29, 1.82) is 0 Å². The van der Waals surface area contributed by atoms with Gasteiger partial charge in [0.1, 0.15) is 0 Å². The highest BCUT2D eigenvalue weighted by atomic mass is 16.2. The third kappa shape index (κ3) is 4.09. The molecule has 5 nitrogen and oxygen atoms in total. The van der Waals surface area contributed by atoms with E-state index < -0.39 is 0 Å². The first-order valence-electron chi connectivity index (χ1n) is 9.51. The zero-order valence-corrected chi connectivity index (χ0v) is 16.1. The molecule has 0 bridgehead atoms. The predicted molar refractivity (Wildman–Crippen MR) is 115 cm³/mol. The fourth-order valence-corrected chi connectivity index (χ4v) is 3.49. The molecule has 1 aliphatic heterocycles. The van der Waals surface area contributed by atoms with Gasteiger partial charge in [0.15, 0.2) is 0 Å². The summed E-state index contributed by atoms with van der Waals surface area (Å²) in [6.07, 6.45) is 5.58. The molecule has 2 heterocycles. The number of nitrogens with one attached hydrogen (secondary N) is 1. The van der Waals surface area contributed by atoms with Crippen LogP contribution in [0.15, 0.2) is 79.1 Å². The molecule has 0 aliphatic carbocycles. The van der Waals surface area contributed by atoms with Gasteiger partial charge in [0.05, 0.1) is 5.56 Å². The molecule has 3 aromatic rings. The molecule has 0 fully saturated rings. The van der Waals surface area contributed by atoms with E-state index in [4.69, 9.17) is 0 Å². The molecule has 4 rings (SSSR count). The number of carbonyl (C=O) groups excluding carboxylic acids is 2. The van der Waals surface area contributed by atoms with Crippen molar-refractivity contribution in [2.24, 2.45) is 0 Å². The second-order valence-electron chi connectivity index (χ2n) is 6.97. The molecule has 0 atom stereocenters. The SMILES string of the molecule is C/C(=C\C(=O)Nc1ccc2c(c1)CCN2C(=O)c1cccnc1)c1ccccc1. The molecular weight excluding hydrogens is 362 g/mol. The van der Waals surface area contributed by atoms with E-state index in [1.165, 1.54) is 0 Å². The lowest BCUT2D eigenvalue weighted by molar-refractivity contribution is -0.111. The quantitative estimate of drug-likeness (QED) is 0.682. The molecule has 5 heteroatoms. The fourth-order valence-electron chi connectivity index (χ4n) is 3.49. The summed E-state index contributed by atoms with van der Waals surface area (Å²) in [5.41, 5.74) is 5.14. The lowest BCUT2D eigenvalue weighted by Gasteiger charge is -2.17. The van der Waals surface area contributed by atoms with Crippen molar-refractivity contribution in [1.82, 2.24) is 4.98 Å². The van der Waals surface area contributed by atoms with Crippen LogP contribution in [0.2, 0.25) is 0 Å². The van der Waals surface area contributed by atoms with Crippen molar-refractivity contribution in [3.05, 3.63) is 95.8 Å². The number of carbonyl (C=O) groups is 2. The van der Waals surface area contributed by atoms with Crippen molar-refractivity contribution in [3.8, 4) is 0 Å². The Bertz CT molecular complexity index is 1080. The summed E-state index contributed by atoms with van der Waals surface area (Å²) in [7, 11) is 0. The summed E-state index contributed by atoms with van der Waals surface area (Å²) in [6, 6.07) is 19.0. The van der Waals surface area contributed by atoms with Crippen LogP contribution >= 0.6 is 0 Å². The Hall–Kier alpha value is -3.73. The normalized spacial score (nSPS) is 13.1. The smallest absolute Gasteiger partial charge is 0.259 e. The number of hydrogen-bond donors (Lipinski definition) is 1. The summed E-state index contributed by atoms with van der Waals surface area (Å²) < 4.78 is 0. The van der Waals surface area contributed by atoms with Gasteiger partial charge in [-0.2, -0.15) is 0 Å². The van der Waals surface area contributed by atoms with Crippen molar-refractivity contribution in [2.75, 3.05) is 16.8 Å². The highest BCUT2D eigenvalue weighted by Crippen LogP contribution is 2.31. The Labute approximate surface area is 169 Å². The number of amides is 2. The molecule has 1 aromatic heterocycles. The Morgan fingerprint density at radius 2 is 1.83 bits per heavy atom. The van der Waals surface area contributed by atoms with Gasteiger partial charge >= 0.3 is 0 Å². The molecule has 0 spiro atoms. The summed E-state index contributed by atoms with van der Waals surface area (Å²) in [4.78, 5) is 30.9. The maximum atomic E-state index is 12.7. The number of anilines is 2. The lowest BCUT2D eigenvalue weighted by Crippen LogP contribution is -2.28. The van der Waals surface area contributed by atoms with Crippen molar-refractivity contribution >= 4 is 28.8 Å². The second-order valence-corrected chi connectivity index (χ2v) is 6.97. The van der Waals surface area contributed by atoms with Crippen LogP contribution in [-0.4, -0.2) is 23.3 Å². The van der Waals surface area contributed by atoms with E-state index in [0.717, 1.165) is 34.5 Å². The van der Waals surface area contributed by atoms with Crippen LogP contribution in [0.3, 0.4) is 0 Å². The number of allylic oxidation sites excluding steroid dienone is 1. The van der Waals surface area contributed by atoms with Gasteiger partial charge in [-0.1, -0.05) is 30.3 Å². The number of fused-ring (bicyclic) bond motifs is 1. The van der Waals surface area contributed by atoms with Crippen molar-refractivity contribution < 1.29 is 9.59 Å². The van der Waals surface area contributed by atoms with Crippen LogP contribution in [0.4, 0.5) is 11.4 Å². The number of rotatable bonds is 4. The van der Waals surface area contributed by atoms with E-state index in [2.05, 4.69) is 10.3 Å². The van der Waals surface area contributed by atoms with Gasteiger partial charge in [-0.05, 0) is 60.4 Å². The summed E-state index contributed by atoms with van der Waals surface area (Å²) >= 11 is 0. The van der Waals surface area contributed by atoms with E-state index in [1.807, 2.05) is 55.5 Å². The number of benzene rings is 2. The van der Waals surface area contributed by atoms with Crippen LogP contribution in [0.1, 0.15) is 28.4 Å². The minimum Gasteiger partial charge on any atom is -0.322 e. The first-order valence-corrected chi connectivity index (χ1v) is 9.51. The van der Waals surface area contributed by atoms with Crippen LogP contribution < -0.4 is 10.2 Å². The van der Waals surface area contributed by atoms with Crippen LogP contribution in [0.25, 0.3) is 5.57 Å². The first kappa shape index (κ1) is 18.6. The van der Waals surface area contributed by atoms with Crippen molar-refractivity contribution in [3.63, 3.8) is 0 Å². The first-order chi connectivity index (χ1) is 14.1. The average molecular weight is 383 g/mol. The van der Waals surface area contributed by atoms with Gasteiger partial charge in [-0.3, -0.25) is 14.6 Å². The van der Waals surface area contributed by atoms with Crippen LogP contribution in [0.5, 0.6) is 0 Å². The number of hydrogen-bond acceptors (Lipinski definition) is 3. The van der Waals surface area contributed by atoms with E-state index in [9.17, 15) is 9.59 Å². The summed E-state index contributed by atoms with van der Waals surface area (Å²) in [5, 5.41) is 2.92. The minimum atomic E-state index is -0.174. The Balaban J connectivity index is 1.48. The minimum absolute atomic E-state index is 0.0601. The molecule has 1 aliphatic rings. The molecule has 2 aromatic carbocycles. The third-order valence-electron chi connectivity index (χ3n) is 4.97. The molecule has 144 valence electrons. The number of aromatic nitrogens is 1. The molecule has 0 saturated heterocycles. The molecule has 0 saturated carbocycles. The lowest BCUT2D eigenvalue weighted by atomic mass is 10.1. The molecule has 1 N–H and O–H groups in total. The molecule has 0 radical (unpaired) electrons. The van der Waals surface area contributed by atoms with Gasteiger partial charge in [-0.25, -0.2) is 0 Å². The predicted octanol–water partition coefficient (Wildman–Crippen LogP) is 4.33. The number of nitrogens with zero attached hydrogens (tertiary/aromatic N) is 2. The van der Waals surface area contributed by atoms with Crippen LogP contribution in [-0.2, 0) is 11.2 Å². The van der Waals surface area contributed by atoms with Gasteiger partial charge in [0, 0.05) is 36.4 Å². The largest absolute Gasteiger partial charge is 0.322 e. The molecule has 29 heavy (non-hydrogen) atoms. The number of pyridine rings is 1. The molecule has 2 amide bonds. The standard InChI is InChI=1S/C24H21N3O2/c1-17(18-6-3-2-4-7-18)14-23(28)26-21-9-10-22-19(15-21)11-13-27(22)24(29)20-8-5-12-25-16-20/h2-10,12,14-16H,11,13H2,1H3,(H,26,28)/b17-14+. The zero-order valence-electron chi connectivity index (χ0n) is 16.1. The maximum Gasteiger partial charge on any atom is 0.259 e. The molecular formula is C24H21N3O2. The summed E-state index contributed by atoms with van der Waals surface area (Å²) in [5.74, 6) is -0.234. The Morgan fingerprint density at radius 1 is 1.03 bits per heavy atom. The van der Waals surface area contributed by atoms with Gasteiger partial charge in [-0.15, -0.1) is 0 Å².